The molecule has 5 nitrogen and oxygen atoms in total. The Morgan fingerprint density at radius 3 is 2.53 bits per heavy atom. The van der Waals surface area contributed by atoms with Gasteiger partial charge in [-0.15, -0.1) is 0 Å². The van der Waals surface area contributed by atoms with Crippen LogP contribution in [0.25, 0.3) is 0 Å². The van der Waals surface area contributed by atoms with Crippen molar-refractivity contribution >= 4 is 15.7 Å². The third-order valence-electron chi connectivity index (χ3n) is 2.11. The van der Waals surface area contributed by atoms with Gasteiger partial charge in [0.25, 0.3) is 0 Å². The fourth-order valence-electron chi connectivity index (χ4n) is 1.30. The average Bonchev–Trinajstić information content (AvgIpc) is 2.27. The van der Waals surface area contributed by atoms with Gasteiger partial charge in [-0.2, -0.15) is 0 Å². The van der Waals surface area contributed by atoms with Gasteiger partial charge in [0.15, 0.2) is 0 Å². The minimum absolute atomic E-state index is 0.0423. The van der Waals surface area contributed by atoms with Crippen LogP contribution in [0.4, 0.5) is 5.69 Å². The summed E-state index contributed by atoms with van der Waals surface area (Å²) in [6.45, 7) is 3.13. The molecule has 0 bridgehead atoms. The molecule has 6 heteroatoms. The Bertz CT molecular complexity index is 429. The smallest absolute Gasteiger partial charge is 0.215 e. The number of hydrogen-bond acceptors (Lipinski definition) is 4. The van der Waals surface area contributed by atoms with Gasteiger partial charge < -0.3 is 10.5 Å². The Kier molecular flexibility index (Phi) is 5.40. The van der Waals surface area contributed by atoms with Crippen molar-refractivity contribution < 1.29 is 13.2 Å². The lowest BCUT2D eigenvalue weighted by Crippen LogP contribution is -2.28. The van der Waals surface area contributed by atoms with E-state index in [2.05, 4.69) is 4.72 Å². The van der Waals surface area contributed by atoms with E-state index in [1.807, 2.05) is 6.92 Å². The minimum atomic E-state index is -3.30. The van der Waals surface area contributed by atoms with Crippen LogP contribution in [0.1, 0.15) is 12.5 Å². The van der Waals surface area contributed by atoms with E-state index in [4.69, 9.17) is 10.5 Å². The van der Waals surface area contributed by atoms with E-state index < -0.39 is 10.0 Å². The van der Waals surface area contributed by atoms with Crippen molar-refractivity contribution in [1.82, 2.24) is 4.72 Å². The number of nitrogens with one attached hydrogen (secondary N) is 1. The van der Waals surface area contributed by atoms with E-state index in [0.29, 0.717) is 31.0 Å². The molecule has 0 aliphatic heterocycles. The Morgan fingerprint density at radius 1 is 1.29 bits per heavy atom. The standard InChI is InChI=1S/C11H18N2O3S/c1-2-16-8-7-13-17(14,15)9-10-3-5-11(12)6-4-10/h3-6,13H,2,7-9,12H2,1H3. The minimum Gasteiger partial charge on any atom is -0.399 e. The number of sulfonamides is 1. The van der Waals surface area contributed by atoms with Crippen LogP contribution in [-0.2, 0) is 20.5 Å². The maximum absolute atomic E-state index is 11.7. The normalized spacial score (nSPS) is 11.6. The molecule has 0 fully saturated rings. The van der Waals surface area contributed by atoms with Crippen LogP contribution in [0.3, 0.4) is 0 Å². The first-order valence-electron chi connectivity index (χ1n) is 5.43. The Morgan fingerprint density at radius 2 is 1.94 bits per heavy atom. The van der Waals surface area contributed by atoms with Crippen molar-refractivity contribution in [2.24, 2.45) is 0 Å². The largest absolute Gasteiger partial charge is 0.399 e. The maximum atomic E-state index is 11.7. The highest BCUT2D eigenvalue weighted by Gasteiger charge is 2.10. The van der Waals surface area contributed by atoms with Crippen molar-refractivity contribution in [3.8, 4) is 0 Å². The summed E-state index contributed by atoms with van der Waals surface area (Å²) in [6.07, 6.45) is 0. The zero-order chi connectivity index (χ0) is 12.7. The molecular weight excluding hydrogens is 240 g/mol. The first-order valence-corrected chi connectivity index (χ1v) is 7.08. The van der Waals surface area contributed by atoms with Crippen LogP contribution >= 0.6 is 0 Å². The van der Waals surface area contributed by atoms with E-state index in [1.165, 1.54) is 0 Å². The molecule has 0 heterocycles. The monoisotopic (exact) mass is 258 g/mol. The molecule has 1 aromatic rings. The lowest BCUT2D eigenvalue weighted by molar-refractivity contribution is 0.153. The number of anilines is 1. The number of rotatable bonds is 7. The molecule has 0 radical (unpaired) electrons. The molecule has 1 aromatic carbocycles. The van der Waals surface area contributed by atoms with E-state index in [-0.39, 0.29) is 5.75 Å². The van der Waals surface area contributed by atoms with Crippen LogP contribution in [0.5, 0.6) is 0 Å². The van der Waals surface area contributed by atoms with Crippen molar-refractivity contribution in [2.45, 2.75) is 12.7 Å². The Labute approximate surface area is 102 Å². The first-order chi connectivity index (χ1) is 8.03. The number of nitrogen functional groups attached to an aromatic ring is 1. The fourth-order valence-corrected chi connectivity index (χ4v) is 2.43. The molecule has 0 spiro atoms. The lowest BCUT2D eigenvalue weighted by atomic mass is 10.2. The molecule has 0 amide bonds. The number of ether oxygens (including phenoxy) is 1. The molecule has 3 N–H and O–H groups in total. The van der Waals surface area contributed by atoms with Crippen LogP contribution in [0, 0.1) is 0 Å². The summed E-state index contributed by atoms with van der Waals surface area (Å²) < 4.78 is 30.8. The topological polar surface area (TPSA) is 81.4 Å². The first kappa shape index (κ1) is 14.0. The van der Waals surface area contributed by atoms with Crippen LogP contribution in [0.15, 0.2) is 24.3 Å². The van der Waals surface area contributed by atoms with Gasteiger partial charge in [-0.25, -0.2) is 13.1 Å². The van der Waals surface area contributed by atoms with Crippen molar-refractivity contribution in [3.05, 3.63) is 29.8 Å². The SMILES string of the molecule is CCOCCNS(=O)(=O)Cc1ccc(N)cc1. The van der Waals surface area contributed by atoms with E-state index in [9.17, 15) is 8.42 Å². The van der Waals surface area contributed by atoms with Crippen molar-refractivity contribution in [2.75, 3.05) is 25.5 Å². The summed E-state index contributed by atoms with van der Waals surface area (Å²) in [7, 11) is -3.30. The zero-order valence-electron chi connectivity index (χ0n) is 9.85. The van der Waals surface area contributed by atoms with Gasteiger partial charge in [0, 0.05) is 18.8 Å². The molecule has 0 atom stereocenters. The Balaban J connectivity index is 2.46. The van der Waals surface area contributed by atoms with E-state index in [0.717, 1.165) is 0 Å². The van der Waals surface area contributed by atoms with Gasteiger partial charge in [0.05, 0.1) is 12.4 Å². The summed E-state index contributed by atoms with van der Waals surface area (Å²) in [5.41, 5.74) is 6.85. The summed E-state index contributed by atoms with van der Waals surface area (Å²) in [4.78, 5) is 0. The summed E-state index contributed by atoms with van der Waals surface area (Å²) in [6, 6.07) is 6.78. The number of hydrogen-bond donors (Lipinski definition) is 2. The third kappa shape index (κ3) is 5.67. The highest BCUT2D eigenvalue weighted by molar-refractivity contribution is 7.88. The molecule has 0 saturated heterocycles. The molecule has 0 unspecified atom stereocenters. The van der Waals surface area contributed by atoms with Crippen molar-refractivity contribution in [3.63, 3.8) is 0 Å². The second kappa shape index (κ2) is 6.58. The van der Waals surface area contributed by atoms with Crippen molar-refractivity contribution in [1.29, 1.82) is 0 Å². The average molecular weight is 258 g/mol. The van der Waals surface area contributed by atoms with Gasteiger partial charge in [-0.1, -0.05) is 12.1 Å². The molecule has 0 saturated carbocycles. The van der Waals surface area contributed by atoms with Gasteiger partial charge in [-0.05, 0) is 24.6 Å². The lowest BCUT2D eigenvalue weighted by Gasteiger charge is -2.07. The quantitative estimate of drug-likeness (QED) is 0.558. The maximum Gasteiger partial charge on any atom is 0.215 e. The van der Waals surface area contributed by atoms with E-state index >= 15 is 0 Å². The van der Waals surface area contributed by atoms with Crippen LogP contribution in [-0.4, -0.2) is 28.2 Å². The number of benzene rings is 1. The summed E-state index contributed by atoms with van der Waals surface area (Å²) >= 11 is 0. The predicted octanol–water partition coefficient (Wildman–Crippen LogP) is 0.725. The number of nitrogens with two attached hydrogens (primary N) is 1. The predicted molar refractivity (Wildman–Crippen MR) is 68.0 cm³/mol. The zero-order valence-corrected chi connectivity index (χ0v) is 10.7. The molecular formula is C11H18N2O3S. The van der Waals surface area contributed by atoms with Gasteiger partial charge in [0.2, 0.25) is 10.0 Å². The molecule has 1 rings (SSSR count). The molecule has 0 aliphatic carbocycles. The van der Waals surface area contributed by atoms with Gasteiger partial charge in [-0.3, -0.25) is 0 Å². The molecule has 17 heavy (non-hydrogen) atoms. The second-order valence-electron chi connectivity index (χ2n) is 3.59. The third-order valence-corrected chi connectivity index (χ3v) is 3.47. The Hall–Kier alpha value is -1.11. The molecule has 0 aliphatic rings. The van der Waals surface area contributed by atoms with Crippen LogP contribution in [0.2, 0.25) is 0 Å². The van der Waals surface area contributed by atoms with Gasteiger partial charge in [0.1, 0.15) is 0 Å². The molecule has 96 valence electrons. The summed E-state index contributed by atoms with van der Waals surface area (Å²) in [5.74, 6) is -0.0423. The highest BCUT2D eigenvalue weighted by Crippen LogP contribution is 2.08. The van der Waals surface area contributed by atoms with Crippen LogP contribution < -0.4 is 10.5 Å². The fraction of sp³-hybridized carbons (Fsp3) is 0.455. The van der Waals surface area contributed by atoms with Gasteiger partial charge >= 0.3 is 0 Å². The highest BCUT2D eigenvalue weighted by atomic mass is 32.2. The van der Waals surface area contributed by atoms with E-state index in [1.54, 1.807) is 24.3 Å². The second-order valence-corrected chi connectivity index (χ2v) is 5.40. The summed E-state index contributed by atoms with van der Waals surface area (Å²) in [5, 5.41) is 0. The molecule has 0 aromatic heterocycles.